The summed E-state index contributed by atoms with van der Waals surface area (Å²) in [5.41, 5.74) is 9.99. The molecular formula is C16H16N6OS. The van der Waals surface area contributed by atoms with Gasteiger partial charge in [0.15, 0.2) is 6.29 Å². The Balaban J connectivity index is 1.75. The van der Waals surface area contributed by atoms with Gasteiger partial charge in [-0.1, -0.05) is 6.07 Å². The van der Waals surface area contributed by atoms with E-state index in [-0.39, 0.29) is 5.91 Å². The molecule has 0 fully saturated rings. The van der Waals surface area contributed by atoms with Crippen LogP contribution < -0.4 is 16.0 Å². The zero-order valence-electron chi connectivity index (χ0n) is 13.0. The summed E-state index contributed by atoms with van der Waals surface area (Å²) < 4.78 is 0. The maximum atomic E-state index is 12.3. The van der Waals surface area contributed by atoms with E-state index in [0.29, 0.717) is 11.4 Å². The molecule has 1 aliphatic heterocycles. The number of carbonyl (C=O) groups is 1. The minimum atomic E-state index is -0.571. The second kappa shape index (κ2) is 5.73. The second-order valence-electron chi connectivity index (χ2n) is 5.64. The van der Waals surface area contributed by atoms with Crippen molar-refractivity contribution in [1.29, 1.82) is 0 Å². The predicted octanol–water partition coefficient (Wildman–Crippen LogP) is 1.83. The Morgan fingerprint density at radius 3 is 3.00 bits per heavy atom. The highest BCUT2D eigenvalue weighted by Crippen LogP contribution is 2.39. The van der Waals surface area contributed by atoms with E-state index in [1.807, 2.05) is 30.0 Å². The number of aromatic amines is 1. The summed E-state index contributed by atoms with van der Waals surface area (Å²) in [6, 6.07) is 5.88. The lowest BCUT2D eigenvalue weighted by molar-refractivity contribution is 0.0932. The Morgan fingerprint density at radius 1 is 1.42 bits per heavy atom. The molecule has 0 aromatic carbocycles. The summed E-state index contributed by atoms with van der Waals surface area (Å²) in [5, 5.41) is 9.80. The molecule has 7 nitrogen and oxygen atoms in total. The van der Waals surface area contributed by atoms with Crippen LogP contribution in [0.4, 0.5) is 5.69 Å². The summed E-state index contributed by atoms with van der Waals surface area (Å²) in [5.74, 6) is -0.141. The predicted molar refractivity (Wildman–Crippen MR) is 92.5 cm³/mol. The van der Waals surface area contributed by atoms with E-state index in [4.69, 9.17) is 5.73 Å². The van der Waals surface area contributed by atoms with Gasteiger partial charge in [-0.15, -0.1) is 11.3 Å². The number of H-pyrrole nitrogens is 1. The Morgan fingerprint density at radius 2 is 2.29 bits per heavy atom. The van der Waals surface area contributed by atoms with E-state index < -0.39 is 6.29 Å². The Kier molecular flexibility index (Phi) is 3.55. The summed E-state index contributed by atoms with van der Waals surface area (Å²) in [4.78, 5) is 20.1. The lowest BCUT2D eigenvalue weighted by Crippen LogP contribution is -2.57. The van der Waals surface area contributed by atoms with Gasteiger partial charge in [-0.3, -0.25) is 20.6 Å². The van der Waals surface area contributed by atoms with Crippen molar-refractivity contribution >= 4 is 22.9 Å². The third-order valence-corrected chi connectivity index (χ3v) is 5.17. The fourth-order valence-electron chi connectivity index (χ4n) is 2.79. The standard InChI is InChI=1S/C16H16N6OS/c1-9-11(7-19-21-9)13-5-12-14(24-13)15(23)20-16(17)22(12)8-10-3-2-4-18-6-10/h2-7,16H,8,17H2,1H3,(H,19,21)(H,20,23). The van der Waals surface area contributed by atoms with E-state index >= 15 is 0 Å². The molecule has 3 aromatic heterocycles. The first kappa shape index (κ1) is 14.9. The number of carbonyl (C=O) groups excluding carboxylic acids is 1. The Labute approximate surface area is 142 Å². The highest BCUT2D eigenvalue weighted by atomic mass is 32.1. The second-order valence-corrected chi connectivity index (χ2v) is 6.69. The number of nitrogens with one attached hydrogen (secondary N) is 2. The van der Waals surface area contributed by atoms with Gasteiger partial charge in [0, 0.05) is 35.1 Å². The first-order valence-corrected chi connectivity index (χ1v) is 8.31. The van der Waals surface area contributed by atoms with Gasteiger partial charge in [0.2, 0.25) is 0 Å². The third kappa shape index (κ3) is 2.45. The van der Waals surface area contributed by atoms with Crippen LogP contribution in [-0.2, 0) is 6.54 Å². The maximum absolute atomic E-state index is 12.3. The smallest absolute Gasteiger partial charge is 0.266 e. The third-order valence-electron chi connectivity index (χ3n) is 4.01. The molecule has 0 spiro atoms. The van der Waals surface area contributed by atoms with Crippen molar-refractivity contribution in [2.45, 2.75) is 19.8 Å². The summed E-state index contributed by atoms with van der Waals surface area (Å²) in [7, 11) is 0. The minimum Gasteiger partial charge on any atom is -0.333 e. The molecule has 8 heteroatoms. The number of pyridine rings is 1. The van der Waals surface area contributed by atoms with Gasteiger partial charge in [-0.05, 0) is 24.6 Å². The highest BCUT2D eigenvalue weighted by Gasteiger charge is 2.31. The summed E-state index contributed by atoms with van der Waals surface area (Å²) >= 11 is 1.45. The molecule has 0 radical (unpaired) electrons. The van der Waals surface area contributed by atoms with Gasteiger partial charge >= 0.3 is 0 Å². The first-order chi connectivity index (χ1) is 11.6. The number of fused-ring (bicyclic) bond motifs is 1. The lowest BCUT2D eigenvalue weighted by atomic mass is 10.1. The van der Waals surface area contributed by atoms with Crippen LogP contribution in [0.1, 0.15) is 20.9 Å². The van der Waals surface area contributed by atoms with E-state index in [1.165, 1.54) is 11.3 Å². The monoisotopic (exact) mass is 340 g/mol. The Bertz CT molecular complexity index is 887. The number of nitrogens with zero attached hydrogens (tertiary/aromatic N) is 3. The van der Waals surface area contributed by atoms with Gasteiger partial charge in [0.25, 0.3) is 5.91 Å². The molecule has 1 aliphatic rings. The molecular weight excluding hydrogens is 324 g/mol. The lowest BCUT2D eigenvalue weighted by Gasteiger charge is -2.34. The zero-order chi connectivity index (χ0) is 16.7. The topological polar surface area (TPSA) is 99.9 Å². The average Bonchev–Trinajstić information content (AvgIpc) is 3.19. The van der Waals surface area contributed by atoms with Gasteiger partial charge in [-0.25, -0.2) is 0 Å². The number of nitrogens with two attached hydrogens (primary N) is 1. The van der Waals surface area contributed by atoms with Crippen LogP contribution in [0.25, 0.3) is 10.4 Å². The molecule has 122 valence electrons. The summed E-state index contributed by atoms with van der Waals surface area (Å²) in [6.45, 7) is 2.53. The van der Waals surface area contributed by atoms with Gasteiger partial charge in [0.1, 0.15) is 4.88 Å². The van der Waals surface area contributed by atoms with E-state index in [9.17, 15) is 4.79 Å². The van der Waals surface area contributed by atoms with Crippen LogP contribution in [0, 0.1) is 6.92 Å². The number of amides is 1. The molecule has 4 N–H and O–H groups in total. The number of rotatable bonds is 3. The van der Waals surface area contributed by atoms with Crippen LogP contribution in [0.2, 0.25) is 0 Å². The Hall–Kier alpha value is -2.71. The van der Waals surface area contributed by atoms with E-state index in [2.05, 4.69) is 20.5 Å². The van der Waals surface area contributed by atoms with Crippen LogP contribution >= 0.6 is 11.3 Å². The van der Waals surface area contributed by atoms with Gasteiger partial charge in [0.05, 0.1) is 11.9 Å². The van der Waals surface area contributed by atoms with Gasteiger partial charge < -0.3 is 10.2 Å². The molecule has 4 heterocycles. The molecule has 4 rings (SSSR count). The molecule has 1 amide bonds. The fraction of sp³-hybridized carbons (Fsp3) is 0.188. The number of hydrogen-bond donors (Lipinski definition) is 3. The number of thiophene rings is 1. The number of anilines is 1. The van der Waals surface area contributed by atoms with E-state index in [0.717, 1.165) is 27.4 Å². The SMILES string of the molecule is Cc1[nH]ncc1-c1cc2c(s1)C(=O)NC(N)N2Cc1cccnc1. The molecule has 0 saturated heterocycles. The highest BCUT2D eigenvalue weighted by molar-refractivity contribution is 7.18. The molecule has 24 heavy (non-hydrogen) atoms. The van der Waals surface area contributed by atoms with Crippen molar-refractivity contribution in [1.82, 2.24) is 20.5 Å². The van der Waals surface area contributed by atoms with Crippen molar-refractivity contribution in [3.8, 4) is 10.4 Å². The normalized spacial score (nSPS) is 16.8. The zero-order valence-corrected chi connectivity index (χ0v) is 13.8. The maximum Gasteiger partial charge on any atom is 0.266 e. The number of aryl methyl sites for hydroxylation is 1. The molecule has 1 unspecified atom stereocenters. The molecule has 0 bridgehead atoms. The minimum absolute atomic E-state index is 0.141. The van der Waals surface area contributed by atoms with Crippen LogP contribution in [0.3, 0.4) is 0 Å². The first-order valence-electron chi connectivity index (χ1n) is 7.49. The molecule has 1 atom stereocenters. The van der Waals surface area contributed by atoms with Crippen LogP contribution in [-0.4, -0.2) is 27.4 Å². The summed E-state index contributed by atoms with van der Waals surface area (Å²) in [6.07, 6.45) is 4.74. The number of hydrogen-bond acceptors (Lipinski definition) is 6. The van der Waals surface area contributed by atoms with Crippen LogP contribution in [0.5, 0.6) is 0 Å². The van der Waals surface area contributed by atoms with E-state index in [1.54, 1.807) is 18.6 Å². The fourth-order valence-corrected chi connectivity index (χ4v) is 3.93. The van der Waals surface area contributed by atoms with Crippen molar-refractivity contribution in [3.63, 3.8) is 0 Å². The largest absolute Gasteiger partial charge is 0.333 e. The van der Waals surface area contributed by atoms with Crippen molar-refractivity contribution in [2.75, 3.05) is 4.90 Å². The van der Waals surface area contributed by atoms with Crippen molar-refractivity contribution < 1.29 is 4.79 Å². The molecule has 0 saturated carbocycles. The van der Waals surface area contributed by atoms with Gasteiger partial charge in [-0.2, -0.15) is 5.10 Å². The van der Waals surface area contributed by atoms with Crippen molar-refractivity contribution in [3.05, 3.63) is 52.9 Å². The average molecular weight is 340 g/mol. The number of aromatic nitrogens is 3. The van der Waals surface area contributed by atoms with Crippen molar-refractivity contribution in [2.24, 2.45) is 5.73 Å². The van der Waals surface area contributed by atoms with Crippen LogP contribution in [0.15, 0.2) is 36.8 Å². The molecule has 0 aliphatic carbocycles. The quantitative estimate of drug-likeness (QED) is 0.675. The molecule has 3 aromatic rings.